The van der Waals surface area contributed by atoms with Gasteiger partial charge in [-0.3, -0.25) is 9.69 Å². The lowest BCUT2D eigenvalue weighted by Gasteiger charge is -2.39. The zero-order valence-electron chi connectivity index (χ0n) is 9.03. The lowest BCUT2D eigenvalue weighted by atomic mass is 10.1. The molecule has 1 saturated carbocycles. The molecule has 2 fully saturated rings. The molecule has 1 saturated heterocycles. The number of carbonyl (C=O) groups excluding carboxylic acids is 1. The molecule has 14 heavy (non-hydrogen) atoms. The van der Waals surface area contributed by atoms with Crippen LogP contribution in [0.4, 0.5) is 0 Å². The Morgan fingerprint density at radius 3 is 2.86 bits per heavy atom. The first kappa shape index (κ1) is 10.1. The Kier molecular flexibility index (Phi) is 2.88. The zero-order chi connectivity index (χ0) is 10.1. The molecule has 1 aliphatic carbocycles. The molecule has 0 aromatic rings. The van der Waals surface area contributed by atoms with Gasteiger partial charge >= 0.3 is 0 Å². The van der Waals surface area contributed by atoms with E-state index < -0.39 is 0 Å². The number of hydrogen-bond acceptors (Lipinski definition) is 3. The van der Waals surface area contributed by atoms with E-state index in [9.17, 15) is 4.79 Å². The van der Waals surface area contributed by atoms with Gasteiger partial charge in [0.1, 0.15) is 5.78 Å². The second-order valence-corrected chi connectivity index (χ2v) is 4.56. The topological polar surface area (TPSA) is 29.5 Å². The molecule has 1 heterocycles. The fourth-order valence-electron chi connectivity index (χ4n) is 2.51. The van der Waals surface area contributed by atoms with Crippen LogP contribution >= 0.6 is 0 Å². The zero-order valence-corrected chi connectivity index (χ0v) is 9.03. The largest absolute Gasteiger partial charge is 0.376 e. The predicted octanol–water partition coefficient (Wildman–Crippen LogP) is 1.22. The van der Waals surface area contributed by atoms with Crippen molar-refractivity contribution in [1.82, 2.24) is 4.90 Å². The normalized spacial score (nSPS) is 40.4. The smallest absolute Gasteiger partial charge is 0.149 e. The highest BCUT2D eigenvalue weighted by atomic mass is 16.5. The number of ketones is 1. The number of Topliss-reactive ketones (excluding diaryl/α,β-unsaturated/α-hetero) is 1. The molecule has 3 unspecified atom stereocenters. The van der Waals surface area contributed by atoms with Gasteiger partial charge in [0.05, 0.1) is 18.8 Å². The van der Waals surface area contributed by atoms with Gasteiger partial charge in [-0.05, 0) is 26.7 Å². The Labute approximate surface area is 85.4 Å². The van der Waals surface area contributed by atoms with Crippen LogP contribution in [0.5, 0.6) is 0 Å². The lowest BCUT2D eigenvalue weighted by molar-refractivity contribution is -0.127. The molecule has 80 valence electrons. The number of carbonyl (C=O) groups is 1. The molecule has 0 aromatic carbocycles. The summed E-state index contributed by atoms with van der Waals surface area (Å²) >= 11 is 0. The van der Waals surface area contributed by atoms with Gasteiger partial charge < -0.3 is 4.74 Å². The van der Waals surface area contributed by atoms with E-state index in [0.717, 1.165) is 32.4 Å². The number of nitrogens with zero attached hydrogens (tertiary/aromatic N) is 1. The minimum absolute atomic E-state index is 0.191. The highest BCUT2D eigenvalue weighted by Gasteiger charge is 2.35. The van der Waals surface area contributed by atoms with Gasteiger partial charge in [-0.15, -0.1) is 0 Å². The molecule has 3 nitrogen and oxygen atoms in total. The van der Waals surface area contributed by atoms with Crippen molar-refractivity contribution in [3.8, 4) is 0 Å². The van der Waals surface area contributed by atoms with Crippen molar-refractivity contribution in [2.45, 2.75) is 51.3 Å². The third kappa shape index (κ3) is 1.84. The first-order valence-corrected chi connectivity index (χ1v) is 5.58. The molecular formula is C11H19NO2. The van der Waals surface area contributed by atoms with Crippen LogP contribution in [0.15, 0.2) is 0 Å². The quantitative estimate of drug-likeness (QED) is 0.633. The highest BCUT2D eigenvalue weighted by molar-refractivity contribution is 5.85. The summed E-state index contributed by atoms with van der Waals surface area (Å²) in [5.41, 5.74) is 0. The van der Waals surface area contributed by atoms with Crippen molar-refractivity contribution in [3.63, 3.8) is 0 Å². The van der Waals surface area contributed by atoms with Crippen LogP contribution in [-0.2, 0) is 9.53 Å². The standard InChI is InChI=1S/C11H19NO2/c1-8-7-14-9(2)6-12(8)10-4-3-5-11(10)13/h8-10H,3-7H2,1-2H3. The van der Waals surface area contributed by atoms with Gasteiger partial charge in [0.2, 0.25) is 0 Å². The minimum atomic E-state index is 0.191. The molecule has 2 aliphatic rings. The molecule has 3 heteroatoms. The summed E-state index contributed by atoms with van der Waals surface area (Å²) in [6, 6.07) is 0.592. The number of hydrogen-bond donors (Lipinski definition) is 0. The van der Waals surface area contributed by atoms with Crippen molar-refractivity contribution in [2.75, 3.05) is 13.2 Å². The molecule has 0 N–H and O–H groups in total. The first-order chi connectivity index (χ1) is 6.68. The fourth-order valence-corrected chi connectivity index (χ4v) is 2.51. The van der Waals surface area contributed by atoms with E-state index in [1.54, 1.807) is 0 Å². The van der Waals surface area contributed by atoms with Crippen LogP contribution in [0.2, 0.25) is 0 Å². The third-order valence-electron chi connectivity index (χ3n) is 3.33. The Morgan fingerprint density at radius 1 is 1.43 bits per heavy atom. The Bertz CT molecular complexity index is 229. The average molecular weight is 197 g/mol. The van der Waals surface area contributed by atoms with Crippen molar-refractivity contribution in [2.24, 2.45) is 0 Å². The Balaban J connectivity index is 2.03. The summed E-state index contributed by atoms with van der Waals surface area (Å²) in [5.74, 6) is 0.436. The van der Waals surface area contributed by atoms with E-state index >= 15 is 0 Å². The Morgan fingerprint density at radius 2 is 2.21 bits per heavy atom. The van der Waals surface area contributed by atoms with Gasteiger partial charge in [0.25, 0.3) is 0 Å². The molecule has 3 atom stereocenters. The van der Waals surface area contributed by atoms with Crippen LogP contribution < -0.4 is 0 Å². The van der Waals surface area contributed by atoms with Crippen LogP contribution in [-0.4, -0.2) is 42.0 Å². The monoisotopic (exact) mass is 197 g/mol. The summed E-state index contributed by atoms with van der Waals surface area (Å²) in [6.07, 6.45) is 3.18. The van der Waals surface area contributed by atoms with E-state index in [1.165, 1.54) is 0 Å². The predicted molar refractivity (Wildman–Crippen MR) is 54.2 cm³/mol. The summed E-state index contributed by atoms with van der Waals surface area (Å²) < 4.78 is 5.56. The molecule has 0 spiro atoms. The van der Waals surface area contributed by atoms with E-state index in [1.807, 2.05) is 0 Å². The lowest BCUT2D eigenvalue weighted by Crippen LogP contribution is -2.53. The van der Waals surface area contributed by atoms with Crippen LogP contribution in [0, 0.1) is 0 Å². The molecule has 0 amide bonds. The minimum Gasteiger partial charge on any atom is -0.376 e. The number of ether oxygens (including phenoxy) is 1. The Hall–Kier alpha value is -0.410. The highest BCUT2D eigenvalue weighted by Crippen LogP contribution is 2.24. The first-order valence-electron chi connectivity index (χ1n) is 5.58. The van der Waals surface area contributed by atoms with Crippen LogP contribution in [0.3, 0.4) is 0 Å². The van der Waals surface area contributed by atoms with E-state index in [4.69, 9.17) is 4.74 Å². The van der Waals surface area contributed by atoms with Gasteiger partial charge in [-0.1, -0.05) is 0 Å². The average Bonchev–Trinajstić information content (AvgIpc) is 2.56. The summed E-state index contributed by atoms with van der Waals surface area (Å²) in [5, 5.41) is 0. The third-order valence-corrected chi connectivity index (χ3v) is 3.33. The molecule has 2 rings (SSSR count). The molecular weight excluding hydrogens is 178 g/mol. The van der Waals surface area contributed by atoms with Gasteiger partial charge in [0.15, 0.2) is 0 Å². The maximum atomic E-state index is 11.6. The van der Waals surface area contributed by atoms with Crippen LogP contribution in [0.25, 0.3) is 0 Å². The van der Waals surface area contributed by atoms with Crippen molar-refractivity contribution >= 4 is 5.78 Å². The second kappa shape index (κ2) is 3.99. The maximum Gasteiger partial charge on any atom is 0.149 e. The summed E-state index contributed by atoms with van der Waals surface area (Å²) in [4.78, 5) is 14.0. The summed E-state index contributed by atoms with van der Waals surface area (Å²) in [7, 11) is 0. The molecule has 0 aromatic heterocycles. The fraction of sp³-hybridized carbons (Fsp3) is 0.909. The van der Waals surface area contributed by atoms with E-state index in [-0.39, 0.29) is 12.1 Å². The van der Waals surface area contributed by atoms with E-state index in [0.29, 0.717) is 11.8 Å². The van der Waals surface area contributed by atoms with Gasteiger partial charge in [-0.2, -0.15) is 0 Å². The molecule has 1 aliphatic heterocycles. The maximum absolute atomic E-state index is 11.6. The van der Waals surface area contributed by atoms with Crippen LogP contribution in [0.1, 0.15) is 33.1 Å². The molecule has 0 radical (unpaired) electrons. The number of morpholine rings is 1. The summed E-state index contributed by atoms with van der Waals surface area (Å²) in [6.45, 7) is 5.91. The van der Waals surface area contributed by atoms with Crippen molar-refractivity contribution < 1.29 is 9.53 Å². The second-order valence-electron chi connectivity index (χ2n) is 4.56. The molecule has 0 bridgehead atoms. The van der Waals surface area contributed by atoms with Crippen molar-refractivity contribution in [1.29, 1.82) is 0 Å². The van der Waals surface area contributed by atoms with Crippen molar-refractivity contribution in [3.05, 3.63) is 0 Å². The van der Waals surface area contributed by atoms with E-state index in [2.05, 4.69) is 18.7 Å². The SMILES string of the molecule is CC1CN(C2CCCC2=O)C(C)CO1. The van der Waals surface area contributed by atoms with Gasteiger partial charge in [-0.25, -0.2) is 0 Å². The van der Waals surface area contributed by atoms with Gasteiger partial charge in [0, 0.05) is 19.0 Å². The number of rotatable bonds is 1.